The molecule has 0 aliphatic carbocycles. The lowest BCUT2D eigenvalue weighted by atomic mass is 9.94. The molecule has 0 heterocycles. The highest BCUT2D eigenvalue weighted by atomic mass is 35.5. The number of nitrogens with zero attached hydrogens (tertiary/aromatic N) is 1. The third kappa shape index (κ3) is 2.93. The van der Waals surface area contributed by atoms with Crippen LogP contribution >= 0.6 is 11.6 Å². The topological polar surface area (TPSA) is 69.2 Å². The Morgan fingerprint density at radius 2 is 2.12 bits per heavy atom. The van der Waals surface area contributed by atoms with Crippen molar-refractivity contribution in [1.29, 1.82) is 0 Å². The molecule has 88 valence electrons. The molecule has 0 amide bonds. The van der Waals surface area contributed by atoms with Crippen molar-refractivity contribution >= 4 is 17.3 Å². The molecule has 2 N–H and O–H groups in total. The SMILES string of the molecule is CC(N)C(C)Cc1c(Cl)cccc1[N+](=O)[O-]. The van der Waals surface area contributed by atoms with E-state index in [1.54, 1.807) is 12.1 Å². The van der Waals surface area contributed by atoms with Crippen LogP contribution in [0.4, 0.5) is 5.69 Å². The van der Waals surface area contributed by atoms with Gasteiger partial charge in [-0.25, -0.2) is 0 Å². The van der Waals surface area contributed by atoms with Gasteiger partial charge in [-0.2, -0.15) is 0 Å². The molecule has 1 rings (SSSR count). The molecule has 0 radical (unpaired) electrons. The average molecular weight is 243 g/mol. The highest BCUT2D eigenvalue weighted by Crippen LogP contribution is 2.29. The molecule has 4 nitrogen and oxygen atoms in total. The van der Waals surface area contributed by atoms with Gasteiger partial charge in [0.1, 0.15) is 0 Å². The monoisotopic (exact) mass is 242 g/mol. The summed E-state index contributed by atoms with van der Waals surface area (Å²) in [7, 11) is 0. The summed E-state index contributed by atoms with van der Waals surface area (Å²) in [6.45, 7) is 3.84. The first-order valence-corrected chi connectivity index (χ1v) is 5.48. The Kier molecular flexibility index (Phi) is 4.26. The fourth-order valence-electron chi connectivity index (χ4n) is 1.43. The van der Waals surface area contributed by atoms with Gasteiger partial charge in [-0.15, -0.1) is 0 Å². The predicted octanol–water partition coefficient (Wildman–Crippen LogP) is 2.77. The molecule has 16 heavy (non-hydrogen) atoms. The van der Waals surface area contributed by atoms with Crippen LogP contribution in [-0.2, 0) is 6.42 Å². The zero-order chi connectivity index (χ0) is 12.3. The Labute approximate surface area is 99.6 Å². The molecular weight excluding hydrogens is 228 g/mol. The zero-order valence-corrected chi connectivity index (χ0v) is 10.1. The van der Waals surface area contributed by atoms with Crippen molar-refractivity contribution in [2.24, 2.45) is 11.7 Å². The summed E-state index contributed by atoms with van der Waals surface area (Å²) in [4.78, 5) is 10.4. The molecule has 0 aliphatic heterocycles. The van der Waals surface area contributed by atoms with E-state index in [0.29, 0.717) is 17.0 Å². The van der Waals surface area contributed by atoms with Crippen LogP contribution in [0.15, 0.2) is 18.2 Å². The third-order valence-electron chi connectivity index (χ3n) is 2.71. The lowest BCUT2D eigenvalue weighted by Crippen LogP contribution is -2.26. The Morgan fingerprint density at radius 3 is 2.62 bits per heavy atom. The minimum Gasteiger partial charge on any atom is -0.328 e. The second-order valence-electron chi connectivity index (χ2n) is 4.04. The fourth-order valence-corrected chi connectivity index (χ4v) is 1.67. The van der Waals surface area contributed by atoms with E-state index in [-0.39, 0.29) is 17.6 Å². The highest BCUT2D eigenvalue weighted by Gasteiger charge is 2.20. The summed E-state index contributed by atoms with van der Waals surface area (Å²) in [6, 6.07) is 4.70. The van der Waals surface area contributed by atoms with Gasteiger partial charge < -0.3 is 5.73 Å². The van der Waals surface area contributed by atoms with Crippen molar-refractivity contribution in [1.82, 2.24) is 0 Å². The second kappa shape index (κ2) is 5.27. The molecule has 0 spiro atoms. The second-order valence-corrected chi connectivity index (χ2v) is 4.44. The van der Waals surface area contributed by atoms with E-state index in [1.165, 1.54) is 6.07 Å². The molecular formula is C11H15ClN2O2. The first-order chi connectivity index (χ1) is 7.43. The standard InChI is InChI=1S/C11H15ClN2O2/c1-7(8(2)13)6-9-10(12)4-3-5-11(9)14(15)16/h3-5,7-8H,6,13H2,1-2H3. The van der Waals surface area contributed by atoms with Crippen LogP contribution in [-0.4, -0.2) is 11.0 Å². The lowest BCUT2D eigenvalue weighted by molar-refractivity contribution is -0.385. The minimum absolute atomic E-state index is 0.0177. The number of hydrogen-bond acceptors (Lipinski definition) is 3. The van der Waals surface area contributed by atoms with E-state index >= 15 is 0 Å². The van der Waals surface area contributed by atoms with Gasteiger partial charge in [0.2, 0.25) is 0 Å². The Bertz CT molecular complexity index is 394. The van der Waals surface area contributed by atoms with Crippen LogP contribution in [0.2, 0.25) is 5.02 Å². The molecule has 2 atom stereocenters. The number of nitrogens with two attached hydrogens (primary N) is 1. The van der Waals surface area contributed by atoms with Crippen LogP contribution in [0.1, 0.15) is 19.4 Å². The van der Waals surface area contributed by atoms with Crippen LogP contribution < -0.4 is 5.73 Å². The van der Waals surface area contributed by atoms with Gasteiger partial charge in [-0.3, -0.25) is 10.1 Å². The van der Waals surface area contributed by atoms with Gasteiger partial charge in [-0.1, -0.05) is 24.6 Å². The van der Waals surface area contributed by atoms with Crippen molar-refractivity contribution in [3.63, 3.8) is 0 Å². The van der Waals surface area contributed by atoms with Gasteiger partial charge in [0.25, 0.3) is 5.69 Å². The van der Waals surface area contributed by atoms with Crippen LogP contribution in [0.25, 0.3) is 0 Å². The first kappa shape index (κ1) is 12.9. The summed E-state index contributed by atoms with van der Waals surface area (Å²) in [6.07, 6.45) is 0.521. The number of nitro groups is 1. The first-order valence-electron chi connectivity index (χ1n) is 5.10. The third-order valence-corrected chi connectivity index (χ3v) is 3.07. The Morgan fingerprint density at radius 1 is 1.50 bits per heavy atom. The highest BCUT2D eigenvalue weighted by molar-refractivity contribution is 6.31. The van der Waals surface area contributed by atoms with Crippen LogP contribution in [0, 0.1) is 16.0 Å². The van der Waals surface area contributed by atoms with E-state index in [4.69, 9.17) is 17.3 Å². The number of benzene rings is 1. The van der Waals surface area contributed by atoms with Gasteiger partial charge in [0.05, 0.1) is 9.95 Å². The normalized spacial score (nSPS) is 14.5. The fraction of sp³-hybridized carbons (Fsp3) is 0.455. The van der Waals surface area contributed by atoms with E-state index in [2.05, 4.69) is 0 Å². The van der Waals surface area contributed by atoms with Gasteiger partial charge in [0.15, 0.2) is 0 Å². The molecule has 1 aromatic rings. The average Bonchev–Trinajstić information content (AvgIpc) is 2.20. The van der Waals surface area contributed by atoms with Crippen molar-refractivity contribution in [2.75, 3.05) is 0 Å². The number of hydrogen-bond donors (Lipinski definition) is 1. The molecule has 0 aliphatic rings. The van der Waals surface area contributed by atoms with Gasteiger partial charge >= 0.3 is 0 Å². The molecule has 0 saturated heterocycles. The molecule has 0 bridgehead atoms. The smallest absolute Gasteiger partial charge is 0.274 e. The maximum atomic E-state index is 10.8. The Hall–Kier alpha value is -1.13. The van der Waals surface area contributed by atoms with E-state index in [9.17, 15) is 10.1 Å². The maximum absolute atomic E-state index is 10.8. The van der Waals surface area contributed by atoms with Crippen molar-refractivity contribution in [3.05, 3.63) is 38.9 Å². The van der Waals surface area contributed by atoms with E-state index in [1.807, 2.05) is 13.8 Å². The summed E-state index contributed by atoms with van der Waals surface area (Å²) in [5.41, 5.74) is 6.39. The van der Waals surface area contributed by atoms with Gasteiger partial charge in [0, 0.05) is 17.7 Å². The molecule has 0 fully saturated rings. The zero-order valence-electron chi connectivity index (χ0n) is 9.31. The molecule has 0 saturated carbocycles. The number of nitro benzene ring substituents is 1. The van der Waals surface area contributed by atoms with Crippen molar-refractivity contribution in [3.8, 4) is 0 Å². The molecule has 2 unspecified atom stereocenters. The largest absolute Gasteiger partial charge is 0.328 e. The van der Waals surface area contributed by atoms with Crippen molar-refractivity contribution < 1.29 is 4.92 Å². The summed E-state index contributed by atoms with van der Waals surface area (Å²) >= 11 is 5.98. The van der Waals surface area contributed by atoms with E-state index < -0.39 is 4.92 Å². The minimum atomic E-state index is -0.408. The maximum Gasteiger partial charge on any atom is 0.274 e. The number of rotatable bonds is 4. The van der Waals surface area contributed by atoms with Crippen molar-refractivity contribution in [2.45, 2.75) is 26.3 Å². The Balaban J connectivity index is 3.06. The molecule has 5 heteroatoms. The summed E-state index contributed by atoms with van der Waals surface area (Å²) in [5.74, 6) is 0.151. The number of halogens is 1. The summed E-state index contributed by atoms with van der Waals surface area (Å²) in [5, 5.41) is 11.3. The lowest BCUT2D eigenvalue weighted by Gasteiger charge is -2.16. The predicted molar refractivity (Wildman–Crippen MR) is 64.6 cm³/mol. The summed E-state index contributed by atoms with van der Waals surface area (Å²) < 4.78 is 0. The van der Waals surface area contributed by atoms with Crippen LogP contribution in [0.5, 0.6) is 0 Å². The quantitative estimate of drug-likeness (QED) is 0.652. The van der Waals surface area contributed by atoms with Gasteiger partial charge in [-0.05, 0) is 25.3 Å². The molecule has 0 aromatic heterocycles. The van der Waals surface area contributed by atoms with E-state index in [0.717, 1.165) is 0 Å². The molecule has 1 aromatic carbocycles. The van der Waals surface area contributed by atoms with Crippen LogP contribution in [0.3, 0.4) is 0 Å².